The maximum atomic E-state index is 5.98. The molecule has 1 aromatic rings. The van der Waals surface area contributed by atoms with Crippen molar-refractivity contribution in [3.05, 3.63) is 28.7 Å². The number of rotatable bonds is 2. The third-order valence-electron chi connectivity index (χ3n) is 4.26. The van der Waals surface area contributed by atoms with Crippen LogP contribution in [-0.2, 0) is 6.54 Å². The zero-order chi connectivity index (χ0) is 13.2. The minimum Gasteiger partial charge on any atom is -0.383 e. The lowest BCUT2D eigenvalue weighted by atomic mass is 9.87. The number of aromatic nitrogens is 2. The molecule has 4 nitrogen and oxygen atoms in total. The van der Waals surface area contributed by atoms with E-state index in [4.69, 9.17) is 5.73 Å². The lowest BCUT2D eigenvalue weighted by Crippen LogP contribution is -2.32. The van der Waals surface area contributed by atoms with Gasteiger partial charge in [-0.15, -0.1) is 24.8 Å². The van der Waals surface area contributed by atoms with E-state index >= 15 is 0 Å². The molecule has 0 atom stereocenters. The molecule has 0 saturated carbocycles. The van der Waals surface area contributed by atoms with Gasteiger partial charge in [0, 0.05) is 31.4 Å². The molecule has 0 amide bonds. The van der Waals surface area contributed by atoms with E-state index in [0.29, 0.717) is 5.82 Å². The van der Waals surface area contributed by atoms with E-state index in [1.54, 1.807) is 11.1 Å². The van der Waals surface area contributed by atoms with Gasteiger partial charge in [0.15, 0.2) is 0 Å². The van der Waals surface area contributed by atoms with Gasteiger partial charge in [-0.3, -0.25) is 4.90 Å². The third-order valence-corrected chi connectivity index (χ3v) is 4.26. The Balaban J connectivity index is 0.00000110. The van der Waals surface area contributed by atoms with Crippen molar-refractivity contribution in [2.24, 2.45) is 0 Å². The Hall–Kier alpha value is -0.840. The summed E-state index contributed by atoms with van der Waals surface area (Å²) in [5.41, 5.74) is 10.5. The second-order valence-electron chi connectivity index (χ2n) is 5.70. The molecule has 2 N–H and O–H groups in total. The summed E-state index contributed by atoms with van der Waals surface area (Å²) in [6.45, 7) is 5.01. The van der Waals surface area contributed by atoms with Gasteiger partial charge in [-0.05, 0) is 39.0 Å². The number of nitrogens with zero attached hydrogens (tertiary/aromatic N) is 3. The average molecular weight is 331 g/mol. The molecule has 0 aromatic carbocycles. The van der Waals surface area contributed by atoms with Crippen LogP contribution in [0, 0.1) is 6.92 Å². The van der Waals surface area contributed by atoms with Gasteiger partial charge in [-0.2, -0.15) is 0 Å². The summed E-state index contributed by atoms with van der Waals surface area (Å²) in [5, 5.41) is 0. The molecule has 1 aliphatic heterocycles. The quantitative estimate of drug-likeness (QED) is 0.845. The average Bonchev–Trinajstić information content (AvgIpc) is 2.42. The predicted octanol–water partition coefficient (Wildman–Crippen LogP) is 3.29. The van der Waals surface area contributed by atoms with E-state index in [1.807, 2.05) is 13.1 Å². The van der Waals surface area contributed by atoms with E-state index in [0.717, 1.165) is 31.0 Å². The molecule has 1 aliphatic carbocycles. The first kappa shape index (κ1) is 18.2. The van der Waals surface area contributed by atoms with E-state index in [2.05, 4.69) is 14.9 Å². The molecule has 21 heavy (non-hydrogen) atoms. The van der Waals surface area contributed by atoms with Crippen molar-refractivity contribution in [2.45, 2.75) is 45.6 Å². The maximum Gasteiger partial charge on any atom is 0.131 e. The SMILES string of the molecule is Cc1ncc(CN2CCC3=C(CCCC3)C2)c(N)n1.Cl.Cl. The molecule has 0 unspecified atom stereocenters. The fourth-order valence-electron chi connectivity index (χ4n) is 3.18. The first-order valence-corrected chi connectivity index (χ1v) is 7.22. The van der Waals surface area contributed by atoms with E-state index < -0.39 is 0 Å². The standard InChI is InChI=1S/C15H22N4.2ClH/c1-11-17-8-14(15(16)18-11)10-19-7-6-12-4-2-3-5-13(12)9-19;;/h8H,2-7,9-10H2,1H3,(H2,16,17,18);2*1H. The Bertz CT molecular complexity index is 516. The molecule has 2 aliphatic rings. The molecule has 0 spiro atoms. The zero-order valence-electron chi connectivity index (χ0n) is 12.5. The summed E-state index contributed by atoms with van der Waals surface area (Å²) in [7, 11) is 0. The summed E-state index contributed by atoms with van der Waals surface area (Å²) in [5.74, 6) is 1.38. The van der Waals surface area contributed by atoms with Gasteiger partial charge in [0.1, 0.15) is 11.6 Å². The van der Waals surface area contributed by atoms with Gasteiger partial charge in [0.25, 0.3) is 0 Å². The van der Waals surface area contributed by atoms with Crippen LogP contribution in [-0.4, -0.2) is 28.0 Å². The van der Waals surface area contributed by atoms with Gasteiger partial charge in [-0.25, -0.2) is 9.97 Å². The van der Waals surface area contributed by atoms with Crippen molar-refractivity contribution in [1.29, 1.82) is 0 Å². The predicted molar refractivity (Wildman–Crippen MR) is 91.1 cm³/mol. The van der Waals surface area contributed by atoms with Crippen LogP contribution in [0.25, 0.3) is 0 Å². The number of anilines is 1. The smallest absolute Gasteiger partial charge is 0.131 e. The largest absolute Gasteiger partial charge is 0.383 e. The van der Waals surface area contributed by atoms with Crippen LogP contribution in [0.3, 0.4) is 0 Å². The molecule has 0 saturated heterocycles. The van der Waals surface area contributed by atoms with E-state index in [9.17, 15) is 0 Å². The van der Waals surface area contributed by atoms with Crippen LogP contribution in [0.4, 0.5) is 5.82 Å². The normalized spacial score (nSPS) is 18.5. The Kier molecular flexibility index (Phi) is 6.91. The summed E-state index contributed by atoms with van der Waals surface area (Å²) in [6, 6.07) is 0. The van der Waals surface area contributed by atoms with Crippen molar-refractivity contribution < 1.29 is 0 Å². The van der Waals surface area contributed by atoms with Crippen molar-refractivity contribution in [3.8, 4) is 0 Å². The van der Waals surface area contributed by atoms with Gasteiger partial charge in [-0.1, -0.05) is 11.1 Å². The van der Waals surface area contributed by atoms with E-state index in [1.165, 1.54) is 32.1 Å². The molecule has 2 heterocycles. The first-order valence-electron chi connectivity index (χ1n) is 7.22. The summed E-state index contributed by atoms with van der Waals surface area (Å²) >= 11 is 0. The topological polar surface area (TPSA) is 55.0 Å². The molecule has 0 radical (unpaired) electrons. The second-order valence-corrected chi connectivity index (χ2v) is 5.70. The molecular formula is C15H24Cl2N4. The van der Waals surface area contributed by atoms with Crippen molar-refractivity contribution in [2.75, 3.05) is 18.8 Å². The van der Waals surface area contributed by atoms with Gasteiger partial charge in [0.05, 0.1) is 0 Å². The molecule has 0 bridgehead atoms. The van der Waals surface area contributed by atoms with Crippen molar-refractivity contribution in [1.82, 2.24) is 14.9 Å². The Labute approximate surface area is 139 Å². The van der Waals surface area contributed by atoms with Crippen LogP contribution < -0.4 is 5.73 Å². The van der Waals surface area contributed by atoms with Crippen molar-refractivity contribution >= 4 is 30.6 Å². The monoisotopic (exact) mass is 330 g/mol. The number of halogens is 2. The van der Waals surface area contributed by atoms with Crippen molar-refractivity contribution in [3.63, 3.8) is 0 Å². The molecule has 6 heteroatoms. The van der Waals surface area contributed by atoms with Gasteiger partial charge in [0.2, 0.25) is 0 Å². The number of nitrogens with two attached hydrogens (primary N) is 1. The molecule has 0 fully saturated rings. The fraction of sp³-hybridized carbons (Fsp3) is 0.600. The van der Waals surface area contributed by atoms with Crippen LogP contribution >= 0.6 is 24.8 Å². The fourth-order valence-corrected chi connectivity index (χ4v) is 3.18. The van der Waals surface area contributed by atoms with Crippen LogP contribution in [0.2, 0.25) is 0 Å². The molecule has 3 rings (SSSR count). The molecular weight excluding hydrogens is 307 g/mol. The summed E-state index contributed by atoms with van der Waals surface area (Å²) < 4.78 is 0. The van der Waals surface area contributed by atoms with Gasteiger partial charge < -0.3 is 5.73 Å². The third kappa shape index (κ3) is 4.31. The Morgan fingerprint density at radius 1 is 1.14 bits per heavy atom. The Morgan fingerprint density at radius 2 is 1.86 bits per heavy atom. The zero-order valence-corrected chi connectivity index (χ0v) is 14.1. The summed E-state index contributed by atoms with van der Waals surface area (Å²) in [6.07, 6.45) is 8.50. The number of hydrogen-bond acceptors (Lipinski definition) is 4. The highest BCUT2D eigenvalue weighted by Gasteiger charge is 2.21. The molecule has 1 aromatic heterocycles. The maximum absolute atomic E-state index is 5.98. The van der Waals surface area contributed by atoms with Crippen LogP contribution in [0.1, 0.15) is 43.5 Å². The second kappa shape index (κ2) is 7.97. The highest BCUT2D eigenvalue weighted by atomic mass is 35.5. The van der Waals surface area contributed by atoms with Crippen LogP contribution in [0.5, 0.6) is 0 Å². The van der Waals surface area contributed by atoms with Gasteiger partial charge >= 0.3 is 0 Å². The highest BCUT2D eigenvalue weighted by molar-refractivity contribution is 5.85. The van der Waals surface area contributed by atoms with Crippen LogP contribution in [0.15, 0.2) is 17.3 Å². The lowest BCUT2D eigenvalue weighted by molar-refractivity contribution is 0.266. The minimum absolute atomic E-state index is 0. The number of hydrogen-bond donors (Lipinski definition) is 1. The Morgan fingerprint density at radius 3 is 2.57 bits per heavy atom. The lowest BCUT2D eigenvalue weighted by Gasteiger charge is -2.33. The number of aryl methyl sites for hydroxylation is 1. The highest BCUT2D eigenvalue weighted by Crippen LogP contribution is 2.31. The van der Waals surface area contributed by atoms with E-state index in [-0.39, 0.29) is 24.8 Å². The minimum atomic E-state index is 0. The summed E-state index contributed by atoms with van der Waals surface area (Å²) in [4.78, 5) is 11.0. The first-order chi connectivity index (χ1) is 9.22. The molecule has 118 valence electrons. The number of nitrogen functional groups attached to an aromatic ring is 1.